The first-order valence-electron chi connectivity index (χ1n) is 9.25. The molecular weight excluding hydrogens is 327 g/mol. The smallest absolute Gasteiger partial charge is 0.150 e. The molecule has 2 aromatic rings. The lowest BCUT2D eigenvalue weighted by molar-refractivity contribution is 0.339. The molecule has 132 valence electrons. The largest absolute Gasteiger partial charge is 0.392 e. The first-order chi connectivity index (χ1) is 12.3. The second kappa shape index (κ2) is 8.65. The number of hydrogen-bond acceptors (Lipinski definition) is 2. The molecule has 0 spiro atoms. The molecule has 0 aromatic heterocycles. The number of aliphatic hydroxyl groups excluding tert-OH is 1. The highest BCUT2D eigenvalue weighted by atomic mass is 31.2. The summed E-state index contributed by atoms with van der Waals surface area (Å²) < 4.78 is 14.6. The zero-order valence-corrected chi connectivity index (χ0v) is 15.5. The second-order valence-electron chi connectivity index (χ2n) is 6.83. The van der Waals surface area contributed by atoms with Gasteiger partial charge in [-0.05, 0) is 18.8 Å². The molecule has 25 heavy (non-hydrogen) atoms. The van der Waals surface area contributed by atoms with Crippen LogP contribution in [0.1, 0.15) is 32.1 Å². The second-order valence-corrected chi connectivity index (χ2v) is 9.77. The Balaban J connectivity index is 2.13. The maximum absolute atomic E-state index is 14.6. The van der Waals surface area contributed by atoms with Gasteiger partial charge in [-0.25, -0.2) is 0 Å². The minimum atomic E-state index is -2.83. The van der Waals surface area contributed by atoms with Crippen molar-refractivity contribution in [3.05, 3.63) is 72.8 Å². The summed E-state index contributed by atoms with van der Waals surface area (Å²) in [5.74, 6) is 0.405. The first kappa shape index (κ1) is 18.2. The van der Waals surface area contributed by atoms with Gasteiger partial charge in [0.05, 0.1) is 6.61 Å². The van der Waals surface area contributed by atoms with E-state index in [1.54, 1.807) is 6.08 Å². The maximum atomic E-state index is 14.6. The van der Waals surface area contributed by atoms with E-state index in [0.717, 1.165) is 23.5 Å². The predicted molar refractivity (Wildman–Crippen MR) is 106 cm³/mol. The van der Waals surface area contributed by atoms with Gasteiger partial charge in [0.25, 0.3) is 0 Å². The molecule has 0 radical (unpaired) electrons. The van der Waals surface area contributed by atoms with Gasteiger partial charge in [0.2, 0.25) is 0 Å². The third kappa shape index (κ3) is 3.97. The molecule has 0 aliphatic heterocycles. The zero-order valence-electron chi connectivity index (χ0n) is 14.6. The third-order valence-electron chi connectivity index (χ3n) is 5.27. The Labute approximate surface area is 151 Å². The molecule has 1 aliphatic carbocycles. The summed E-state index contributed by atoms with van der Waals surface area (Å²) in [7, 11) is -2.83. The summed E-state index contributed by atoms with van der Waals surface area (Å²) in [6, 6.07) is 19.8. The highest BCUT2D eigenvalue weighted by Crippen LogP contribution is 2.54. The molecule has 2 aromatic carbocycles. The quantitative estimate of drug-likeness (QED) is 0.613. The molecule has 3 heteroatoms. The van der Waals surface area contributed by atoms with Gasteiger partial charge in [0.15, 0.2) is 0 Å². The van der Waals surface area contributed by atoms with Gasteiger partial charge in [0, 0.05) is 16.3 Å². The minimum Gasteiger partial charge on any atom is -0.392 e. The Hall–Kier alpha value is -1.63. The van der Waals surface area contributed by atoms with Crippen LogP contribution in [-0.2, 0) is 4.57 Å². The normalized spacial score (nSPS) is 17.6. The van der Waals surface area contributed by atoms with E-state index in [4.69, 9.17) is 0 Å². The lowest BCUT2D eigenvalue weighted by Crippen LogP contribution is -2.31. The van der Waals surface area contributed by atoms with Crippen molar-refractivity contribution in [1.82, 2.24) is 0 Å². The molecule has 0 heterocycles. The van der Waals surface area contributed by atoms with Crippen LogP contribution in [-0.4, -0.2) is 17.4 Å². The maximum Gasteiger partial charge on any atom is 0.150 e. The van der Waals surface area contributed by atoms with Crippen LogP contribution >= 0.6 is 7.14 Å². The summed E-state index contributed by atoms with van der Waals surface area (Å²) in [6.45, 7) is -0.00714. The molecule has 1 fully saturated rings. The van der Waals surface area contributed by atoms with E-state index < -0.39 is 7.14 Å². The number of allylic oxidation sites excluding steroid dienone is 1. The van der Waals surface area contributed by atoms with Gasteiger partial charge in [0.1, 0.15) is 7.14 Å². The van der Waals surface area contributed by atoms with Crippen LogP contribution in [0.5, 0.6) is 0 Å². The van der Waals surface area contributed by atoms with E-state index in [-0.39, 0.29) is 12.3 Å². The highest BCUT2D eigenvalue weighted by molar-refractivity contribution is 7.79. The van der Waals surface area contributed by atoms with Gasteiger partial charge >= 0.3 is 0 Å². The van der Waals surface area contributed by atoms with Crippen LogP contribution in [0.25, 0.3) is 0 Å². The standard InChI is InChI=1S/C22H27O2P/c23-18-10-17-22(19-11-4-1-5-12-19)25(24,20-13-6-2-7-14-20)21-15-8-3-9-16-21/h2-3,6-10,13-17,19,22-23H,1,4-5,11-12,18H2/b17-10+/t22-/m0/s1. The van der Waals surface area contributed by atoms with Crippen molar-refractivity contribution in [3.63, 3.8) is 0 Å². The molecule has 0 saturated heterocycles. The topological polar surface area (TPSA) is 37.3 Å². The fraction of sp³-hybridized carbons (Fsp3) is 0.364. The Morgan fingerprint density at radius 2 is 1.44 bits per heavy atom. The lowest BCUT2D eigenvalue weighted by Gasteiger charge is -2.35. The van der Waals surface area contributed by atoms with Gasteiger partial charge < -0.3 is 9.67 Å². The summed E-state index contributed by atoms with van der Waals surface area (Å²) in [5, 5.41) is 11.2. The Morgan fingerprint density at radius 1 is 0.920 bits per heavy atom. The van der Waals surface area contributed by atoms with Crippen molar-refractivity contribution < 1.29 is 9.67 Å². The van der Waals surface area contributed by atoms with Crippen molar-refractivity contribution in [2.75, 3.05) is 6.61 Å². The van der Waals surface area contributed by atoms with E-state index >= 15 is 0 Å². The van der Waals surface area contributed by atoms with E-state index in [1.807, 2.05) is 66.7 Å². The molecule has 2 nitrogen and oxygen atoms in total. The average Bonchev–Trinajstić information content (AvgIpc) is 2.70. The number of aliphatic hydroxyl groups is 1. The summed E-state index contributed by atoms with van der Waals surface area (Å²) in [4.78, 5) is 0. The van der Waals surface area contributed by atoms with Crippen LogP contribution < -0.4 is 10.6 Å². The minimum absolute atomic E-state index is 0.00714. The van der Waals surface area contributed by atoms with E-state index in [1.165, 1.54) is 19.3 Å². The molecular formula is C22H27O2P. The molecule has 1 aliphatic rings. The lowest BCUT2D eigenvalue weighted by atomic mass is 9.86. The molecule has 0 bridgehead atoms. The summed E-state index contributed by atoms with van der Waals surface area (Å²) in [5.41, 5.74) is -0.0512. The summed E-state index contributed by atoms with van der Waals surface area (Å²) in [6.07, 6.45) is 9.71. The van der Waals surface area contributed by atoms with Crippen LogP contribution in [0.4, 0.5) is 0 Å². The number of rotatable bonds is 6. The van der Waals surface area contributed by atoms with Crippen molar-refractivity contribution in [3.8, 4) is 0 Å². The van der Waals surface area contributed by atoms with Crippen molar-refractivity contribution in [1.29, 1.82) is 0 Å². The van der Waals surface area contributed by atoms with E-state index in [9.17, 15) is 9.67 Å². The van der Waals surface area contributed by atoms with Crippen LogP contribution in [0.15, 0.2) is 72.8 Å². The van der Waals surface area contributed by atoms with Crippen molar-refractivity contribution in [2.45, 2.75) is 37.8 Å². The average molecular weight is 354 g/mol. The van der Waals surface area contributed by atoms with E-state index in [0.29, 0.717) is 5.92 Å². The van der Waals surface area contributed by atoms with Crippen molar-refractivity contribution >= 4 is 17.8 Å². The van der Waals surface area contributed by atoms with Crippen LogP contribution in [0.3, 0.4) is 0 Å². The fourth-order valence-corrected chi connectivity index (χ4v) is 7.52. The molecule has 1 atom stereocenters. The molecule has 0 amide bonds. The molecule has 1 saturated carbocycles. The number of benzene rings is 2. The molecule has 0 unspecified atom stereocenters. The van der Waals surface area contributed by atoms with E-state index in [2.05, 4.69) is 0 Å². The van der Waals surface area contributed by atoms with Crippen molar-refractivity contribution in [2.24, 2.45) is 5.92 Å². The Kier molecular flexibility index (Phi) is 6.29. The fourth-order valence-electron chi connectivity index (χ4n) is 4.04. The van der Waals surface area contributed by atoms with Gasteiger partial charge in [-0.3, -0.25) is 0 Å². The highest BCUT2D eigenvalue weighted by Gasteiger charge is 2.39. The first-order valence-corrected chi connectivity index (χ1v) is 11.0. The SMILES string of the molecule is O=P(c1ccccc1)(c1ccccc1)[C@@H](/C=C/CO)C1CCCCC1. The zero-order chi connectivity index (χ0) is 17.5. The molecule has 1 N–H and O–H groups in total. The predicted octanol–water partition coefficient (Wildman–Crippen LogP) is 4.50. The Morgan fingerprint density at radius 3 is 1.92 bits per heavy atom. The van der Waals surface area contributed by atoms with Crippen LogP contribution in [0.2, 0.25) is 0 Å². The summed E-state index contributed by atoms with van der Waals surface area (Å²) >= 11 is 0. The number of hydrogen-bond donors (Lipinski definition) is 1. The van der Waals surface area contributed by atoms with Gasteiger partial charge in [-0.15, -0.1) is 0 Å². The monoisotopic (exact) mass is 354 g/mol. The van der Waals surface area contributed by atoms with Crippen LogP contribution in [0, 0.1) is 5.92 Å². The third-order valence-corrected chi connectivity index (χ3v) is 8.83. The van der Waals surface area contributed by atoms with Gasteiger partial charge in [-0.2, -0.15) is 0 Å². The van der Waals surface area contributed by atoms with Gasteiger partial charge in [-0.1, -0.05) is 92.1 Å². The molecule has 3 rings (SSSR count). The Bertz CT molecular complexity index is 675.